The van der Waals surface area contributed by atoms with Gasteiger partial charge in [0.05, 0.1) is 5.52 Å². The molecule has 1 saturated carbocycles. The highest BCUT2D eigenvalue weighted by atomic mass is 16.4. The van der Waals surface area contributed by atoms with Crippen molar-refractivity contribution in [2.75, 3.05) is 0 Å². The molecule has 0 aliphatic heterocycles. The molecule has 1 aromatic heterocycles. The van der Waals surface area contributed by atoms with Gasteiger partial charge in [0.15, 0.2) is 5.58 Å². The molecule has 1 aliphatic rings. The van der Waals surface area contributed by atoms with E-state index in [4.69, 9.17) is 4.42 Å². The Morgan fingerprint density at radius 2 is 1.92 bits per heavy atom. The van der Waals surface area contributed by atoms with Crippen LogP contribution in [0.25, 0.3) is 11.1 Å². The van der Waals surface area contributed by atoms with E-state index in [0.29, 0.717) is 24.0 Å². The normalized spacial score (nSPS) is 21.0. The lowest BCUT2D eigenvalue weighted by Crippen LogP contribution is -2.40. The molecule has 5 heteroatoms. The van der Waals surface area contributed by atoms with E-state index in [9.17, 15) is 9.59 Å². The second-order valence-corrected chi connectivity index (χ2v) is 8.20. The third-order valence-electron chi connectivity index (χ3n) is 6.24. The molecule has 1 amide bonds. The summed E-state index contributed by atoms with van der Waals surface area (Å²) in [6.07, 6.45) is 5.95. The molecule has 142 valence electrons. The van der Waals surface area contributed by atoms with E-state index in [1.807, 2.05) is 18.2 Å². The molecule has 1 heterocycles. The number of carbonyl (C=O) groups is 1. The quantitative estimate of drug-likeness (QED) is 0.846. The first-order chi connectivity index (χ1) is 12.4. The smallest absolute Gasteiger partial charge is 0.408 e. The molecule has 3 rings (SSSR count). The molecule has 0 bridgehead atoms. The summed E-state index contributed by atoms with van der Waals surface area (Å²) in [7, 11) is 0. The Kier molecular flexibility index (Phi) is 5.54. The van der Waals surface area contributed by atoms with Crippen molar-refractivity contribution in [1.82, 2.24) is 9.88 Å². The van der Waals surface area contributed by atoms with Gasteiger partial charge in [-0.2, -0.15) is 0 Å². The second kappa shape index (κ2) is 7.68. The van der Waals surface area contributed by atoms with Crippen LogP contribution in [0.1, 0.15) is 59.3 Å². The Bertz CT molecular complexity index is 810. The first kappa shape index (κ1) is 18.7. The number of benzene rings is 1. The fourth-order valence-corrected chi connectivity index (χ4v) is 4.05. The van der Waals surface area contributed by atoms with E-state index in [1.165, 1.54) is 23.8 Å². The largest absolute Gasteiger partial charge is 0.419 e. The third-order valence-corrected chi connectivity index (χ3v) is 6.24. The number of oxazole rings is 1. The Hall–Kier alpha value is -2.04. The van der Waals surface area contributed by atoms with Gasteiger partial charge in [0.2, 0.25) is 5.91 Å². The lowest BCUT2D eigenvalue weighted by molar-refractivity contribution is -0.122. The van der Waals surface area contributed by atoms with Gasteiger partial charge in [-0.15, -0.1) is 0 Å². The zero-order valence-corrected chi connectivity index (χ0v) is 16.1. The number of aromatic nitrogens is 1. The van der Waals surface area contributed by atoms with Gasteiger partial charge in [0, 0.05) is 19.0 Å². The summed E-state index contributed by atoms with van der Waals surface area (Å²) < 4.78 is 6.75. The molecule has 1 fully saturated rings. The van der Waals surface area contributed by atoms with E-state index in [-0.39, 0.29) is 11.9 Å². The van der Waals surface area contributed by atoms with E-state index in [1.54, 1.807) is 6.07 Å². The average Bonchev–Trinajstić information content (AvgIpc) is 2.95. The maximum absolute atomic E-state index is 12.3. The van der Waals surface area contributed by atoms with Crippen LogP contribution in [0.3, 0.4) is 0 Å². The van der Waals surface area contributed by atoms with Crippen LogP contribution in [0.4, 0.5) is 0 Å². The van der Waals surface area contributed by atoms with Gasteiger partial charge in [-0.3, -0.25) is 9.36 Å². The second-order valence-electron chi connectivity index (χ2n) is 8.20. The summed E-state index contributed by atoms with van der Waals surface area (Å²) >= 11 is 0. The van der Waals surface area contributed by atoms with Gasteiger partial charge in [-0.1, -0.05) is 39.3 Å². The van der Waals surface area contributed by atoms with Crippen LogP contribution in [0.2, 0.25) is 0 Å². The first-order valence-electron chi connectivity index (χ1n) is 9.78. The van der Waals surface area contributed by atoms with Crippen LogP contribution < -0.4 is 11.1 Å². The zero-order valence-electron chi connectivity index (χ0n) is 16.1. The maximum atomic E-state index is 12.3. The molecule has 0 spiro atoms. The van der Waals surface area contributed by atoms with Gasteiger partial charge < -0.3 is 9.73 Å². The molecule has 26 heavy (non-hydrogen) atoms. The number of hydrogen-bond acceptors (Lipinski definition) is 3. The summed E-state index contributed by atoms with van der Waals surface area (Å²) in [5, 5.41) is 3.15. The van der Waals surface area contributed by atoms with Gasteiger partial charge in [-0.05, 0) is 49.1 Å². The Balaban J connectivity index is 1.51. The van der Waals surface area contributed by atoms with Gasteiger partial charge >= 0.3 is 5.76 Å². The summed E-state index contributed by atoms with van der Waals surface area (Å²) in [4.78, 5) is 24.3. The molecule has 0 atom stereocenters. The van der Waals surface area contributed by atoms with Crippen molar-refractivity contribution in [2.24, 2.45) is 11.3 Å². The number of nitrogens with zero attached hydrogens (tertiary/aromatic N) is 1. The first-order valence-corrected chi connectivity index (χ1v) is 9.78. The molecule has 1 N–H and O–H groups in total. The summed E-state index contributed by atoms with van der Waals surface area (Å²) in [5.41, 5.74) is 1.70. The van der Waals surface area contributed by atoms with Gasteiger partial charge in [0.25, 0.3) is 0 Å². The Morgan fingerprint density at radius 1 is 1.23 bits per heavy atom. The minimum atomic E-state index is -0.402. The van der Waals surface area contributed by atoms with Crippen molar-refractivity contribution in [1.29, 1.82) is 0 Å². The third kappa shape index (κ3) is 4.02. The van der Waals surface area contributed by atoms with Crippen LogP contribution in [0, 0.1) is 11.3 Å². The van der Waals surface area contributed by atoms with Crippen LogP contribution in [-0.2, 0) is 11.3 Å². The van der Waals surface area contributed by atoms with Crippen molar-refractivity contribution in [3.05, 3.63) is 34.8 Å². The monoisotopic (exact) mass is 358 g/mol. The fourth-order valence-electron chi connectivity index (χ4n) is 4.05. The predicted octanol–water partition coefficient (Wildman–Crippen LogP) is 4.10. The van der Waals surface area contributed by atoms with E-state index in [0.717, 1.165) is 24.3 Å². The van der Waals surface area contributed by atoms with Crippen molar-refractivity contribution < 1.29 is 9.21 Å². The minimum Gasteiger partial charge on any atom is -0.408 e. The van der Waals surface area contributed by atoms with Gasteiger partial charge in [0.1, 0.15) is 0 Å². The van der Waals surface area contributed by atoms with Crippen molar-refractivity contribution in [3.8, 4) is 0 Å². The summed E-state index contributed by atoms with van der Waals surface area (Å²) in [5.74, 6) is 0.359. The van der Waals surface area contributed by atoms with E-state index >= 15 is 0 Å². The van der Waals surface area contributed by atoms with Crippen molar-refractivity contribution in [3.63, 3.8) is 0 Å². The highest BCUT2D eigenvalue weighted by Gasteiger charge is 2.32. The molecular weight excluding hydrogens is 328 g/mol. The fraction of sp³-hybridized carbons (Fsp3) is 0.619. The number of hydrogen-bond donors (Lipinski definition) is 1. The lowest BCUT2D eigenvalue weighted by atomic mass is 9.69. The lowest BCUT2D eigenvalue weighted by Gasteiger charge is -2.39. The van der Waals surface area contributed by atoms with Gasteiger partial charge in [-0.25, -0.2) is 4.79 Å². The van der Waals surface area contributed by atoms with E-state index < -0.39 is 5.76 Å². The molecule has 0 saturated heterocycles. The highest BCUT2D eigenvalue weighted by molar-refractivity contribution is 5.77. The summed E-state index contributed by atoms with van der Waals surface area (Å²) in [6, 6.07) is 7.57. The number of amides is 1. The number of nitrogens with one attached hydrogen (secondary N) is 1. The Morgan fingerprint density at radius 3 is 2.62 bits per heavy atom. The SMILES string of the molecule is CCC(C)(C)C1CCC(NC(=O)CCn2c(=O)oc3ccccc32)CC1. The number of aryl methyl sites for hydroxylation is 1. The topological polar surface area (TPSA) is 64.2 Å². The minimum absolute atomic E-state index is 0.0142. The van der Waals surface area contributed by atoms with Crippen molar-refractivity contribution >= 4 is 17.0 Å². The molecular formula is C21H30N2O3. The number of fused-ring (bicyclic) bond motifs is 1. The molecule has 1 aliphatic carbocycles. The Labute approximate surface area is 154 Å². The average molecular weight is 358 g/mol. The number of rotatable bonds is 6. The van der Waals surface area contributed by atoms with Crippen LogP contribution in [0.15, 0.2) is 33.5 Å². The molecule has 5 nitrogen and oxygen atoms in total. The van der Waals surface area contributed by atoms with Crippen molar-refractivity contribution in [2.45, 2.75) is 71.9 Å². The standard InChI is InChI=1S/C21H30N2O3/c1-4-21(2,3)15-9-11-16(12-10-15)22-19(24)13-14-23-17-7-5-6-8-18(17)26-20(23)25/h5-8,15-16H,4,9-14H2,1-3H3,(H,22,24). The molecule has 0 radical (unpaired) electrons. The molecule has 1 aromatic carbocycles. The zero-order chi connectivity index (χ0) is 18.7. The maximum Gasteiger partial charge on any atom is 0.419 e. The van der Waals surface area contributed by atoms with E-state index in [2.05, 4.69) is 26.1 Å². The molecule has 0 unspecified atom stereocenters. The van der Waals surface area contributed by atoms with Crippen LogP contribution in [0.5, 0.6) is 0 Å². The summed E-state index contributed by atoms with van der Waals surface area (Å²) in [6.45, 7) is 7.31. The molecule has 2 aromatic rings. The number of carbonyl (C=O) groups excluding carboxylic acids is 1. The van der Waals surface area contributed by atoms with Crippen LogP contribution >= 0.6 is 0 Å². The predicted molar refractivity (Wildman–Crippen MR) is 103 cm³/mol. The number of para-hydroxylation sites is 2. The van der Waals surface area contributed by atoms with Crippen LogP contribution in [-0.4, -0.2) is 16.5 Å². The highest BCUT2D eigenvalue weighted by Crippen LogP contribution is 2.40.